The van der Waals surface area contributed by atoms with Crippen LogP contribution in [0.25, 0.3) is 10.9 Å². The summed E-state index contributed by atoms with van der Waals surface area (Å²) in [5.41, 5.74) is 3.42. The number of rotatable bonds is 5. The number of hydrogen-bond donors (Lipinski definition) is 4. The van der Waals surface area contributed by atoms with Crippen molar-refractivity contribution in [3.05, 3.63) is 59.3 Å². The van der Waals surface area contributed by atoms with Crippen molar-refractivity contribution in [1.29, 1.82) is 0 Å². The third-order valence-corrected chi connectivity index (χ3v) is 4.43. The Morgan fingerprint density at radius 1 is 1.03 bits per heavy atom. The zero-order valence-electron chi connectivity index (χ0n) is 16.4. The van der Waals surface area contributed by atoms with Gasteiger partial charge < -0.3 is 25.7 Å². The van der Waals surface area contributed by atoms with Crippen LogP contribution in [0.2, 0.25) is 0 Å². The maximum absolute atomic E-state index is 12.2. The Bertz CT molecular complexity index is 1090. The van der Waals surface area contributed by atoms with Gasteiger partial charge in [-0.3, -0.25) is 14.4 Å². The molecule has 0 aliphatic heterocycles. The second-order valence-electron chi connectivity index (χ2n) is 6.52. The van der Waals surface area contributed by atoms with Crippen LogP contribution < -0.4 is 20.7 Å². The van der Waals surface area contributed by atoms with E-state index in [0.29, 0.717) is 17.1 Å². The Balaban J connectivity index is 1.65. The lowest BCUT2D eigenvalue weighted by Crippen LogP contribution is -2.35. The molecule has 0 unspecified atom stereocenters. The molecule has 0 radical (unpaired) electrons. The molecule has 8 heteroatoms. The Labute approximate surface area is 167 Å². The van der Waals surface area contributed by atoms with Crippen molar-refractivity contribution in [3.63, 3.8) is 0 Å². The summed E-state index contributed by atoms with van der Waals surface area (Å²) < 4.78 is 5.27. The van der Waals surface area contributed by atoms with Gasteiger partial charge in [0.1, 0.15) is 11.4 Å². The molecule has 2 aromatic carbocycles. The van der Waals surface area contributed by atoms with E-state index < -0.39 is 11.8 Å². The van der Waals surface area contributed by atoms with Crippen LogP contribution in [0.1, 0.15) is 21.6 Å². The van der Waals surface area contributed by atoms with Crippen LogP contribution >= 0.6 is 0 Å². The highest BCUT2D eigenvalue weighted by molar-refractivity contribution is 6.39. The van der Waals surface area contributed by atoms with Gasteiger partial charge in [-0.15, -0.1) is 0 Å². The number of anilines is 1. The summed E-state index contributed by atoms with van der Waals surface area (Å²) >= 11 is 0. The van der Waals surface area contributed by atoms with Gasteiger partial charge in [0.15, 0.2) is 0 Å². The lowest BCUT2D eigenvalue weighted by molar-refractivity contribution is -0.136. The van der Waals surface area contributed by atoms with E-state index in [2.05, 4.69) is 20.9 Å². The van der Waals surface area contributed by atoms with E-state index in [4.69, 9.17) is 4.74 Å². The molecular formula is C21H22N4O4. The number of aryl methyl sites for hydroxylation is 1. The van der Waals surface area contributed by atoms with Crippen LogP contribution in [-0.2, 0) is 16.1 Å². The van der Waals surface area contributed by atoms with Gasteiger partial charge in [0, 0.05) is 35.7 Å². The maximum atomic E-state index is 12.2. The molecule has 4 N–H and O–H groups in total. The number of hydrogen-bond acceptors (Lipinski definition) is 4. The molecular weight excluding hydrogens is 372 g/mol. The first-order chi connectivity index (χ1) is 13.9. The molecule has 0 aliphatic carbocycles. The molecule has 3 aromatic rings. The van der Waals surface area contributed by atoms with Gasteiger partial charge in [-0.2, -0.15) is 0 Å². The minimum atomic E-state index is -0.780. The molecule has 0 atom stereocenters. The molecule has 0 saturated heterocycles. The summed E-state index contributed by atoms with van der Waals surface area (Å²) in [4.78, 5) is 39.1. The molecule has 0 bridgehead atoms. The highest BCUT2D eigenvalue weighted by Gasteiger charge is 2.15. The molecule has 8 nitrogen and oxygen atoms in total. The first kappa shape index (κ1) is 19.9. The zero-order chi connectivity index (χ0) is 21.0. The van der Waals surface area contributed by atoms with Crippen LogP contribution in [0.5, 0.6) is 5.75 Å². The van der Waals surface area contributed by atoms with E-state index in [1.54, 1.807) is 38.4 Å². The summed E-state index contributed by atoms with van der Waals surface area (Å²) in [7, 11) is 3.10. The van der Waals surface area contributed by atoms with Gasteiger partial charge in [0.25, 0.3) is 5.91 Å². The molecule has 0 aliphatic rings. The van der Waals surface area contributed by atoms with Crippen molar-refractivity contribution in [2.75, 3.05) is 19.5 Å². The summed E-state index contributed by atoms with van der Waals surface area (Å²) in [5.74, 6) is -1.13. The number of fused-ring (bicyclic) bond motifs is 1. The molecule has 0 spiro atoms. The SMILES string of the molecule is CNC(=O)c1cc2cc(NC(=O)C(=O)NCc3cc(C)ccc3OC)ccc2[nH]1. The van der Waals surface area contributed by atoms with Crippen molar-refractivity contribution in [2.45, 2.75) is 13.5 Å². The molecule has 0 saturated carbocycles. The van der Waals surface area contributed by atoms with Gasteiger partial charge in [0.05, 0.1) is 7.11 Å². The van der Waals surface area contributed by atoms with E-state index in [-0.39, 0.29) is 12.5 Å². The third-order valence-electron chi connectivity index (χ3n) is 4.43. The van der Waals surface area contributed by atoms with Crippen LogP contribution in [0, 0.1) is 6.92 Å². The second kappa shape index (κ2) is 8.47. The number of benzene rings is 2. The molecule has 150 valence electrons. The fourth-order valence-electron chi connectivity index (χ4n) is 2.96. The minimum Gasteiger partial charge on any atom is -0.496 e. The number of H-pyrrole nitrogens is 1. The van der Waals surface area contributed by atoms with Gasteiger partial charge in [0.2, 0.25) is 0 Å². The zero-order valence-corrected chi connectivity index (χ0v) is 16.4. The largest absolute Gasteiger partial charge is 0.496 e. The number of carbonyl (C=O) groups is 3. The Morgan fingerprint density at radius 2 is 1.83 bits per heavy atom. The number of carbonyl (C=O) groups excluding carboxylic acids is 3. The van der Waals surface area contributed by atoms with Crippen molar-refractivity contribution in [1.82, 2.24) is 15.6 Å². The number of ether oxygens (including phenoxy) is 1. The summed E-state index contributed by atoms with van der Waals surface area (Å²) in [5, 5.41) is 8.44. The topological polar surface area (TPSA) is 112 Å². The second-order valence-corrected chi connectivity index (χ2v) is 6.52. The molecule has 0 fully saturated rings. The molecule has 1 aromatic heterocycles. The van der Waals surface area contributed by atoms with Crippen molar-refractivity contribution in [2.24, 2.45) is 0 Å². The molecule has 3 amide bonds. The predicted molar refractivity (Wildman–Crippen MR) is 110 cm³/mol. The van der Waals surface area contributed by atoms with Crippen LogP contribution in [-0.4, -0.2) is 36.9 Å². The van der Waals surface area contributed by atoms with Gasteiger partial charge in [-0.25, -0.2) is 0 Å². The maximum Gasteiger partial charge on any atom is 0.313 e. The number of aromatic amines is 1. The van der Waals surface area contributed by atoms with E-state index in [1.165, 1.54) is 0 Å². The molecule has 29 heavy (non-hydrogen) atoms. The highest BCUT2D eigenvalue weighted by Crippen LogP contribution is 2.21. The van der Waals surface area contributed by atoms with Gasteiger partial charge >= 0.3 is 11.8 Å². The summed E-state index contributed by atoms with van der Waals surface area (Å²) in [6.07, 6.45) is 0. The van der Waals surface area contributed by atoms with Gasteiger partial charge in [-0.1, -0.05) is 17.7 Å². The first-order valence-electron chi connectivity index (χ1n) is 8.99. The normalized spacial score (nSPS) is 10.4. The van der Waals surface area contributed by atoms with Crippen molar-refractivity contribution in [3.8, 4) is 5.75 Å². The van der Waals surface area contributed by atoms with E-state index in [9.17, 15) is 14.4 Å². The fourth-order valence-corrected chi connectivity index (χ4v) is 2.96. The van der Waals surface area contributed by atoms with E-state index in [0.717, 1.165) is 22.0 Å². The number of nitrogens with one attached hydrogen (secondary N) is 4. The molecule has 3 rings (SSSR count). The Hall–Kier alpha value is -3.81. The van der Waals surface area contributed by atoms with Crippen LogP contribution in [0.15, 0.2) is 42.5 Å². The summed E-state index contributed by atoms with van der Waals surface area (Å²) in [6, 6.07) is 12.4. The minimum absolute atomic E-state index is 0.170. The van der Waals surface area contributed by atoms with Crippen LogP contribution in [0.4, 0.5) is 5.69 Å². The standard InChI is InChI=1S/C21H22N4O4/c1-12-4-7-18(29-3)14(8-12)11-23-20(27)21(28)24-15-5-6-16-13(9-15)10-17(25-16)19(26)22-2/h4-10,25H,11H2,1-3H3,(H,22,26)(H,23,27)(H,24,28). The van der Waals surface area contributed by atoms with Gasteiger partial charge in [-0.05, 0) is 37.3 Å². The number of amides is 3. The smallest absolute Gasteiger partial charge is 0.313 e. The highest BCUT2D eigenvalue weighted by atomic mass is 16.5. The average molecular weight is 394 g/mol. The number of methoxy groups -OCH3 is 1. The third kappa shape index (κ3) is 4.55. The quantitative estimate of drug-likeness (QED) is 0.497. The summed E-state index contributed by atoms with van der Waals surface area (Å²) in [6.45, 7) is 2.10. The number of aromatic nitrogens is 1. The van der Waals surface area contributed by atoms with Crippen molar-refractivity contribution >= 4 is 34.3 Å². The van der Waals surface area contributed by atoms with E-state index >= 15 is 0 Å². The Kier molecular flexibility index (Phi) is 5.82. The average Bonchev–Trinajstić information content (AvgIpc) is 3.14. The van der Waals surface area contributed by atoms with Crippen molar-refractivity contribution < 1.29 is 19.1 Å². The first-order valence-corrected chi connectivity index (χ1v) is 8.99. The Morgan fingerprint density at radius 3 is 2.55 bits per heavy atom. The van der Waals surface area contributed by atoms with Crippen LogP contribution in [0.3, 0.4) is 0 Å². The predicted octanol–water partition coefficient (Wildman–Crippen LogP) is 2.10. The monoisotopic (exact) mass is 394 g/mol. The molecule has 1 heterocycles. The van der Waals surface area contributed by atoms with E-state index in [1.807, 2.05) is 25.1 Å². The lowest BCUT2D eigenvalue weighted by Gasteiger charge is -2.11. The lowest BCUT2D eigenvalue weighted by atomic mass is 10.1. The fraction of sp³-hybridized carbons (Fsp3) is 0.190.